The number of halogens is 1. The van der Waals surface area contributed by atoms with E-state index < -0.39 is 29.4 Å². The molecule has 0 aliphatic heterocycles. The van der Waals surface area contributed by atoms with Gasteiger partial charge < -0.3 is 32.8 Å². The van der Waals surface area contributed by atoms with Gasteiger partial charge in [0.1, 0.15) is 0 Å². The third-order valence-electron chi connectivity index (χ3n) is 2.59. The van der Waals surface area contributed by atoms with Crippen molar-refractivity contribution in [2.75, 3.05) is 0 Å². The highest BCUT2D eigenvalue weighted by Crippen LogP contribution is 2.24. The number of aliphatic hydroxyl groups is 4. The third kappa shape index (κ3) is 2.56. The van der Waals surface area contributed by atoms with Gasteiger partial charge in [-0.2, -0.15) is 0 Å². The van der Waals surface area contributed by atoms with Crippen LogP contribution in [0, 0.1) is 0 Å². The van der Waals surface area contributed by atoms with Gasteiger partial charge in [0, 0.05) is 27.7 Å². The molecule has 5 nitrogen and oxygen atoms in total. The van der Waals surface area contributed by atoms with Gasteiger partial charge in [0.15, 0.2) is 24.9 Å². The van der Waals surface area contributed by atoms with Gasteiger partial charge in [0.2, 0.25) is 0 Å². The molecule has 0 spiro atoms. The van der Waals surface area contributed by atoms with Crippen molar-refractivity contribution in [3.05, 3.63) is 0 Å². The van der Waals surface area contributed by atoms with E-state index in [-0.39, 0.29) is 12.4 Å². The Morgan fingerprint density at radius 2 is 0.786 bits per heavy atom. The van der Waals surface area contributed by atoms with Crippen molar-refractivity contribution >= 4 is 0 Å². The van der Waals surface area contributed by atoms with Crippen molar-refractivity contribution in [3.63, 3.8) is 0 Å². The summed E-state index contributed by atoms with van der Waals surface area (Å²) in [6.45, 7) is 5.69. The number of quaternary nitrogens is 1. The highest BCUT2D eigenvalue weighted by molar-refractivity contribution is 4.47. The second kappa shape index (κ2) is 5.85. The average molecular weight is 230 g/mol. The second-order valence-corrected chi connectivity index (χ2v) is 3.42. The van der Waals surface area contributed by atoms with Crippen LogP contribution < -0.4 is 12.4 Å². The summed E-state index contributed by atoms with van der Waals surface area (Å²) in [6, 6.07) is 0. The van der Waals surface area contributed by atoms with E-state index in [0.717, 1.165) is 0 Å². The van der Waals surface area contributed by atoms with Crippen LogP contribution in [0.1, 0.15) is 27.7 Å². The Morgan fingerprint density at radius 1 is 0.643 bits per heavy atom. The van der Waals surface area contributed by atoms with Crippen LogP contribution in [-0.2, 0) is 0 Å². The lowest BCUT2D eigenvalue weighted by atomic mass is 10.2. The topological polar surface area (TPSA) is 80.9 Å². The predicted molar refractivity (Wildman–Crippen MR) is 47.0 cm³/mol. The predicted octanol–water partition coefficient (Wildman–Crippen LogP) is -3.84. The molecule has 88 valence electrons. The van der Waals surface area contributed by atoms with E-state index in [4.69, 9.17) is 0 Å². The molecule has 0 aromatic carbocycles. The van der Waals surface area contributed by atoms with Crippen LogP contribution in [0.25, 0.3) is 0 Å². The van der Waals surface area contributed by atoms with E-state index in [9.17, 15) is 20.4 Å². The third-order valence-corrected chi connectivity index (χ3v) is 2.59. The Balaban J connectivity index is 0. The van der Waals surface area contributed by atoms with Gasteiger partial charge in [-0.3, -0.25) is 0 Å². The van der Waals surface area contributed by atoms with E-state index in [0.29, 0.717) is 0 Å². The van der Waals surface area contributed by atoms with Crippen molar-refractivity contribution in [1.29, 1.82) is 0 Å². The van der Waals surface area contributed by atoms with E-state index in [1.807, 2.05) is 0 Å². The van der Waals surface area contributed by atoms with Crippen LogP contribution in [0.5, 0.6) is 0 Å². The molecule has 4 unspecified atom stereocenters. The smallest absolute Gasteiger partial charge is 0.193 e. The van der Waals surface area contributed by atoms with E-state index in [1.165, 1.54) is 27.7 Å². The normalized spacial score (nSPS) is 24.0. The molecule has 4 atom stereocenters. The van der Waals surface area contributed by atoms with Gasteiger partial charge >= 0.3 is 0 Å². The van der Waals surface area contributed by atoms with Crippen LogP contribution in [0.15, 0.2) is 0 Å². The molecular formula is C8H20ClNO4. The second-order valence-electron chi connectivity index (χ2n) is 3.42. The van der Waals surface area contributed by atoms with Crippen molar-refractivity contribution in [3.8, 4) is 0 Å². The number of hydrogen-bond donors (Lipinski definition) is 4. The molecule has 0 aliphatic carbocycles. The molecule has 0 saturated carbocycles. The van der Waals surface area contributed by atoms with Crippen LogP contribution in [0.4, 0.5) is 0 Å². The Bertz CT molecular complexity index is 124. The molecule has 0 aliphatic rings. The maximum atomic E-state index is 9.47. The molecule has 0 amide bonds. The molecule has 0 radical (unpaired) electrons. The van der Waals surface area contributed by atoms with Gasteiger partial charge in [-0.15, -0.1) is 0 Å². The Labute approximate surface area is 90.6 Å². The number of nitrogens with zero attached hydrogens (tertiary/aromatic N) is 1. The van der Waals surface area contributed by atoms with Crippen LogP contribution >= 0.6 is 0 Å². The fourth-order valence-electron chi connectivity index (χ4n) is 1.87. The lowest BCUT2D eigenvalue weighted by molar-refractivity contribution is -1.07. The Kier molecular flexibility index (Phi) is 6.90. The first-order valence-corrected chi connectivity index (χ1v) is 4.37. The summed E-state index contributed by atoms with van der Waals surface area (Å²) < 4.78 is -0.556. The van der Waals surface area contributed by atoms with Gasteiger partial charge in [0.25, 0.3) is 0 Å². The maximum Gasteiger partial charge on any atom is 0.193 e. The number of rotatable bonds is 4. The molecule has 6 heteroatoms. The maximum absolute atomic E-state index is 9.47. The van der Waals surface area contributed by atoms with Gasteiger partial charge in [0.05, 0.1) is 0 Å². The Morgan fingerprint density at radius 3 is 0.786 bits per heavy atom. The molecule has 0 saturated heterocycles. The fourth-order valence-corrected chi connectivity index (χ4v) is 1.87. The molecule has 14 heavy (non-hydrogen) atoms. The first-order valence-electron chi connectivity index (χ1n) is 4.37. The monoisotopic (exact) mass is 229 g/mol. The first-order chi connectivity index (χ1) is 5.77. The molecule has 0 fully saturated rings. The summed E-state index contributed by atoms with van der Waals surface area (Å²) in [4.78, 5) is 0. The molecule has 4 N–H and O–H groups in total. The molecule has 0 bridgehead atoms. The summed E-state index contributed by atoms with van der Waals surface area (Å²) in [7, 11) is 0. The van der Waals surface area contributed by atoms with Crippen molar-refractivity contribution < 1.29 is 37.3 Å². The minimum atomic E-state index is -1.04. The summed E-state index contributed by atoms with van der Waals surface area (Å²) in [5.74, 6) is 0. The molecular weight excluding hydrogens is 210 g/mol. The van der Waals surface area contributed by atoms with Crippen LogP contribution in [-0.4, -0.2) is 49.8 Å². The minimum Gasteiger partial charge on any atom is -1.00 e. The van der Waals surface area contributed by atoms with Crippen LogP contribution in [0.2, 0.25) is 0 Å². The van der Waals surface area contributed by atoms with E-state index in [1.54, 1.807) is 0 Å². The zero-order chi connectivity index (χ0) is 10.8. The SMILES string of the molecule is CC(O)[N+](C(C)O)(C(C)O)C(C)O.[Cl-]. The zero-order valence-electron chi connectivity index (χ0n) is 8.92. The molecule has 0 rings (SSSR count). The lowest BCUT2D eigenvalue weighted by Crippen LogP contribution is -3.00. The Hall–Kier alpha value is 0.0900. The summed E-state index contributed by atoms with van der Waals surface area (Å²) in [5.41, 5.74) is 0. The zero-order valence-corrected chi connectivity index (χ0v) is 9.68. The van der Waals surface area contributed by atoms with Crippen molar-refractivity contribution in [1.82, 2.24) is 0 Å². The minimum absolute atomic E-state index is 0. The van der Waals surface area contributed by atoms with Crippen molar-refractivity contribution in [2.45, 2.75) is 52.6 Å². The molecule has 0 heterocycles. The van der Waals surface area contributed by atoms with Gasteiger partial charge in [-0.1, -0.05) is 0 Å². The summed E-state index contributed by atoms with van der Waals surface area (Å²) in [5, 5.41) is 37.9. The molecule has 0 aromatic rings. The highest BCUT2D eigenvalue weighted by atomic mass is 35.5. The molecule has 0 aromatic heterocycles. The number of aliphatic hydroxyl groups excluding tert-OH is 4. The highest BCUT2D eigenvalue weighted by Gasteiger charge is 2.46. The standard InChI is InChI=1S/C8H20NO4.ClH/c1-5(10)9(6(2)11,7(3)12)8(4)13;/h5-8,10-13H,1-4H3;1H/q+1;/p-1. The fraction of sp³-hybridized carbons (Fsp3) is 1.00. The summed E-state index contributed by atoms with van der Waals surface area (Å²) >= 11 is 0. The summed E-state index contributed by atoms with van der Waals surface area (Å²) in [6.07, 6.45) is -4.17. The first kappa shape index (κ1) is 16.5. The average Bonchev–Trinajstić information content (AvgIpc) is 1.82. The number of hydrogen-bond acceptors (Lipinski definition) is 4. The van der Waals surface area contributed by atoms with E-state index in [2.05, 4.69) is 0 Å². The van der Waals surface area contributed by atoms with E-state index >= 15 is 0 Å². The largest absolute Gasteiger partial charge is 1.00 e. The van der Waals surface area contributed by atoms with Gasteiger partial charge in [-0.05, 0) is 0 Å². The van der Waals surface area contributed by atoms with Crippen molar-refractivity contribution in [2.24, 2.45) is 0 Å². The quantitative estimate of drug-likeness (QED) is 0.294. The van der Waals surface area contributed by atoms with Gasteiger partial charge in [-0.25, -0.2) is 4.48 Å². The van der Waals surface area contributed by atoms with Crippen LogP contribution in [0.3, 0.4) is 0 Å². The lowest BCUT2D eigenvalue weighted by Gasteiger charge is -2.46.